The molecule has 0 spiro atoms. The average molecular weight is 405 g/mol. The van der Waals surface area contributed by atoms with E-state index in [0.717, 1.165) is 5.56 Å². The Balaban J connectivity index is 1.28. The van der Waals surface area contributed by atoms with Crippen molar-refractivity contribution in [2.75, 3.05) is 13.1 Å². The van der Waals surface area contributed by atoms with Crippen LogP contribution in [0.2, 0.25) is 0 Å². The van der Waals surface area contributed by atoms with Crippen molar-refractivity contribution in [1.29, 1.82) is 0 Å². The third-order valence-electron chi connectivity index (χ3n) is 6.08. The fourth-order valence-corrected chi connectivity index (χ4v) is 6.16. The first-order valence-corrected chi connectivity index (χ1v) is 11.6. The molecule has 3 fully saturated rings. The van der Waals surface area contributed by atoms with Crippen LogP contribution in [0.1, 0.15) is 17.0 Å². The molecule has 3 saturated heterocycles. The zero-order valence-corrected chi connectivity index (χ0v) is 16.9. The maximum atomic E-state index is 12.9. The van der Waals surface area contributed by atoms with Crippen LogP contribution >= 0.6 is 0 Å². The van der Waals surface area contributed by atoms with Crippen LogP contribution in [0.3, 0.4) is 0 Å². The summed E-state index contributed by atoms with van der Waals surface area (Å²) in [6.07, 6.45) is 0. The highest BCUT2D eigenvalue weighted by Crippen LogP contribution is 2.38. The third kappa shape index (κ3) is 3.62. The highest BCUT2D eigenvalue weighted by molar-refractivity contribution is 7.88. The number of piperazine rings is 1. The summed E-state index contributed by atoms with van der Waals surface area (Å²) in [4.78, 5) is 0. The van der Waals surface area contributed by atoms with E-state index in [2.05, 4.69) is 41.7 Å². The number of sulfonamides is 1. The second kappa shape index (κ2) is 7.41. The van der Waals surface area contributed by atoms with E-state index in [1.165, 1.54) is 16.7 Å². The van der Waals surface area contributed by atoms with Crippen LogP contribution in [-0.2, 0) is 15.8 Å². The zero-order chi connectivity index (χ0) is 19.8. The Labute approximate surface area is 172 Å². The largest absolute Gasteiger partial charge is 0.307 e. The van der Waals surface area contributed by atoms with Crippen LogP contribution in [-0.4, -0.2) is 37.9 Å². The monoisotopic (exact) mass is 404 g/mol. The molecule has 4 nitrogen and oxygen atoms in total. The Hall–Kier alpha value is -2.47. The van der Waals surface area contributed by atoms with Crippen LogP contribution in [0, 0.1) is 0 Å². The van der Waals surface area contributed by atoms with E-state index in [9.17, 15) is 8.42 Å². The van der Waals surface area contributed by atoms with Gasteiger partial charge in [0.1, 0.15) is 0 Å². The molecule has 0 radical (unpaired) electrons. The summed E-state index contributed by atoms with van der Waals surface area (Å²) in [6, 6.07) is 28.9. The van der Waals surface area contributed by atoms with E-state index < -0.39 is 10.0 Å². The summed E-state index contributed by atoms with van der Waals surface area (Å²) in [6.45, 7) is 1.08. The molecule has 1 N–H and O–H groups in total. The highest BCUT2D eigenvalue weighted by atomic mass is 32.2. The lowest BCUT2D eigenvalue weighted by Gasteiger charge is -2.54. The van der Waals surface area contributed by atoms with Crippen molar-refractivity contribution in [1.82, 2.24) is 9.62 Å². The summed E-state index contributed by atoms with van der Waals surface area (Å²) in [5, 5.41) is 3.53. The lowest BCUT2D eigenvalue weighted by molar-refractivity contribution is 0.101. The highest BCUT2D eigenvalue weighted by Gasteiger charge is 2.49. The van der Waals surface area contributed by atoms with Crippen molar-refractivity contribution in [2.24, 2.45) is 0 Å². The second-order valence-corrected chi connectivity index (χ2v) is 9.92. The number of hydrogen-bond acceptors (Lipinski definition) is 3. The Bertz CT molecular complexity index is 1070. The van der Waals surface area contributed by atoms with Gasteiger partial charge in [-0.25, -0.2) is 8.42 Å². The molecule has 3 atom stereocenters. The lowest BCUT2D eigenvalue weighted by Crippen LogP contribution is -2.72. The summed E-state index contributed by atoms with van der Waals surface area (Å²) >= 11 is 0. The molecular formula is C24H24N2O2S. The molecule has 3 heterocycles. The molecular weight excluding hydrogens is 380 g/mol. The minimum atomic E-state index is -3.29. The van der Waals surface area contributed by atoms with Crippen LogP contribution in [0.4, 0.5) is 0 Å². The molecule has 3 aliphatic heterocycles. The van der Waals surface area contributed by atoms with Crippen molar-refractivity contribution >= 4 is 10.0 Å². The molecule has 148 valence electrons. The van der Waals surface area contributed by atoms with Crippen molar-refractivity contribution in [3.63, 3.8) is 0 Å². The normalized spacial score (nSPS) is 24.1. The van der Waals surface area contributed by atoms with E-state index in [-0.39, 0.29) is 17.8 Å². The Morgan fingerprint density at radius 2 is 1.31 bits per heavy atom. The van der Waals surface area contributed by atoms with Crippen molar-refractivity contribution in [2.45, 2.75) is 23.8 Å². The minimum absolute atomic E-state index is 0.0731. The molecule has 3 aliphatic rings. The van der Waals surface area contributed by atoms with Crippen molar-refractivity contribution in [3.05, 3.63) is 96.1 Å². The lowest BCUT2D eigenvalue weighted by atomic mass is 9.75. The minimum Gasteiger partial charge on any atom is -0.307 e. The Kier molecular flexibility index (Phi) is 4.74. The van der Waals surface area contributed by atoms with Gasteiger partial charge in [-0.15, -0.1) is 0 Å². The van der Waals surface area contributed by atoms with Gasteiger partial charge in [-0.3, -0.25) is 0 Å². The van der Waals surface area contributed by atoms with Crippen molar-refractivity contribution in [3.8, 4) is 11.1 Å². The maximum absolute atomic E-state index is 12.9. The molecule has 2 bridgehead atoms. The molecule has 0 amide bonds. The summed E-state index contributed by atoms with van der Waals surface area (Å²) in [5.41, 5.74) is 4.55. The number of nitrogens with zero attached hydrogens (tertiary/aromatic N) is 1. The number of benzene rings is 3. The second-order valence-electron chi connectivity index (χ2n) is 7.95. The number of rotatable bonds is 5. The van der Waals surface area contributed by atoms with Gasteiger partial charge < -0.3 is 5.32 Å². The average Bonchev–Trinajstić information content (AvgIpc) is 2.75. The Morgan fingerprint density at radius 1 is 0.759 bits per heavy atom. The van der Waals surface area contributed by atoms with E-state index in [1.54, 1.807) is 4.31 Å². The zero-order valence-electron chi connectivity index (χ0n) is 16.1. The standard InChI is InChI=1S/C24H24N2O2S/c27-29(28,17-18-7-3-1-4-8-18)26-15-22-24(23(16-26)25-22)21-13-11-20(12-14-21)19-9-5-2-6-10-19/h1-14,22-25H,15-17H2/t22-,23+,24?. The Morgan fingerprint density at radius 3 is 1.93 bits per heavy atom. The third-order valence-corrected chi connectivity index (χ3v) is 7.87. The van der Waals surface area contributed by atoms with Gasteiger partial charge in [0.25, 0.3) is 0 Å². The van der Waals surface area contributed by atoms with Gasteiger partial charge in [-0.2, -0.15) is 4.31 Å². The number of nitrogens with one attached hydrogen (secondary N) is 1. The fourth-order valence-electron chi connectivity index (χ4n) is 4.59. The predicted octanol–water partition coefficient (Wildman–Crippen LogP) is 3.62. The van der Waals surface area contributed by atoms with Gasteiger partial charge in [0.15, 0.2) is 0 Å². The van der Waals surface area contributed by atoms with Gasteiger partial charge >= 0.3 is 0 Å². The quantitative estimate of drug-likeness (QED) is 0.707. The van der Waals surface area contributed by atoms with Gasteiger partial charge in [0, 0.05) is 31.1 Å². The van der Waals surface area contributed by atoms with Crippen LogP contribution < -0.4 is 5.32 Å². The molecule has 0 aromatic heterocycles. The summed E-state index contributed by atoms with van der Waals surface area (Å²) < 4.78 is 27.4. The fraction of sp³-hybridized carbons (Fsp3) is 0.250. The number of piperidine rings is 1. The van der Waals surface area contributed by atoms with Crippen LogP contribution in [0.25, 0.3) is 11.1 Å². The molecule has 6 rings (SSSR count). The summed E-state index contributed by atoms with van der Waals surface area (Å²) in [5.74, 6) is 0.451. The van der Waals surface area contributed by atoms with Gasteiger partial charge in [0.2, 0.25) is 10.0 Å². The molecule has 1 unspecified atom stereocenters. The van der Waals surface area contributed by atoms with Crippen molar-refractivity contribution < 1.29 is 8.42 Å². The van der Waals surface area contributed by atoms with Gasteiger partial charge in [0.05, 0.1) is 5.75 Å². The number of fused-ring (bicyclic) bond motifs is 2. The molecule has 0 aliphatic carbocycles. The number of hydrogen-bond donors (Lipinski definition) is 1. The maximum Gasteiger partial charge on any atom is 0.218 e. The van der Waals surface area contributed by atoms with Gasteiger partial charge in [-0.05, 0) is 22.3 Å². The SMILES string of the molecule is O=S(=O)(Cc1ccccc1)N1C[C@@H]2N[C@H](C1)C2c1ccc(-c2ccccc2)cc1. The van der Waals surface area contributed by atoms with E-state index >= 15 is 0 Å². The van der Waals surface area contributed by atoms with Crippen LogP contribution in [0.5, 0.6) is 0 Å². The first-order valence-electron chi connectivity index (χ1n) is 10.0. The smallest absolute Gasteiger partial charge is 0.218 e. The van der Waals surface area contributed by atoms with E-state index in [1.807, 2.05) is 48.5 Å². The van der Waals surface area contributed by atoms with E-state index in [0.29, 0.717) is 19.0 Å². The topological polar surface area (TPSA) is 49.4 Å². The summed E-state index contributed by atoms with van der Waals surface area (Å²) in [7, 11) is -3.29. The first-order chi connectivity index (χ1) is 14.1. The molecule has 3 aromatic carbocycles. The van der Waals surface area contributed by atoms with Crippen LogP contribution in [0.15, 0.2) is 84.9 Å². The molecule has 0 saturated carbocycles. The molecule has 3 aromatic rings. The van der Waals surface area contributed by atoms with Gasteiger partial charge in [-0.1, -0.05) is 84.9 Å². The predicted molar refractivity (Wildman–Crippen MR) is 116 cm³/mol. The van der Waals surface area contributed by atoms with E-state index in [4.69, 9.17) is 0 Å². The molecule has 5 heteroatoms. The first kappa shape index (κ1) is 18.6. The molecule has 29 heavy (non-hydrogen) atoms.